The molecule has 0 bridgehead atoms. The van der Waals surface area contributed by atoms with E-state index in [0.717, 1.165) is 28.8 Å². The number of nitrogen functional groups attached to an aromatic ring is 1. The number of aromatic nitrogens is 1. The zero-order valence-corrected chi connectivity index (χ0v) is 14.0. The van der Waals surface area contributed by atoms with Gasteiger partial charge in [-0.3, -0.25) is 4.79 Å². The van der Waals surface area contributed by atoms with E-state index in [0.29, 0.717) is 22.5 Å². The first kappa shape index (κ1) is 15.3. The highest BCUT2D eigenvalue weighted by Gasteiger charge is 2.21. The lowest BCUT2D eigenvalue weighted by Crippen LogP contribution is -2.36. The monoisotopic (exact) mass is 317 g/mol. The molecule has 2 aromatic heterocycles. The average molecular weight is 317 g/mol. The topological polar surface area (TPSA) is 68.0 Å². The Hall–Kier alpha value is -1.62. The van der Waals surface area contributed by atoms with Crippen LogP contribution < -0.4 is 11.1 Å². The predicted octanol–water partition coefficient (Wildman–Crippen LogP) is 4.06. The Morgan fingerprint density at radius 3 is 2.73 bits per heavy atom. The summed E-state index contributed by atoms with van der Waals surface area (Å²) < 4.78 is 0. The maximum atomic E-state index is 12.5. The molecule has 5 heteroatoms. The number of fused-ring (bicyclic) bond motifs is 1. The van der Waals surface area contributed by atoms with Crippen molar-refractivity contribution in [1.29, 1.82) is 0 Å². The fourth-order valence-corrected chi connectivity index (χ4v) is 4.00. The molecule has 1 aliphatic carbocycles. The van der Waals surface area contributed by atoms with Gasteiger partial charge in [-0.05, 0) is 30.9 Å². The second-order valence-corrected chi connectivity index (χ2v) is 7.40. The molecule has 3 N–H and O–H groups in total. The minimum absolute atomic E-state index is 0.0431. The number of pyridine rings is 1. The fourth-order valence-electron chi connectivity index (χ4n) is 3.00. The number of amides is 1. The molecule has 0 radical (unpaired) electrons. The molecule has 1 aliphatic rings. The van der Waals surface area contributed by atoms with Gasteiger partial charge in [0.2, 0.25) is 0 Å². The van der Waals surface area contributed by atoms with Crippen LogP contribution in [0, 0.1) is 0 Å². The van der Waals surface area contributed by atoms with Crippen LogP contribution in [0.25, 0.3) is 10.2 Å². The van der Waals surface area contributed by atoms with Crippen molar-refractivity contribution >= 4 is 33.1 Å². The van der Waals surface area contributed by atoms with Crippen LogP contribution >= 0.6 is 11.3 Å². The molecule has 1 fully saturated rings. The number of carbonyl (C=O) groups excluding carboxylic acids is 1. The molecule has 2 aromatic rings. The lowest BCUT2D eigenvalue weighted by Gasteiger charge is -2.22. The fraction of sp³-hybridized carbons (Fsp3) is 0.529. The summed E-state index contributed by atoms with van der Waals surface area (Å²) in [4.78, 5) is 18.6. The van der Waals surface area contributed by atoms with E-state index >= 15 is 0 Å². The average Bonchev–Trinajstić information content (AvgIpc) is 2.85. The highest BCUT2D eigenvalue weighted by atomic mass is 32.1. The van der Waals surface area contributed by atoms with Crippen molar-refractivity contribution in [3.63, 3.8) is 0 Å². The molecule has 22 heavy (non-hydrogen) atoms. The summed E-state index contributed by atoms with van der Waals surface area (Å²) in [7, 11) is 0. The van der Waals surface area contributed by atoms with E-state index in [9.17, 15) is 4.79 Å². The molecule has 0 atom stereocenters. The van der Waals surface area contributed by atoms with Crippen LogP contribution in [0.5, 0.6) is 0 Å². The summed E-state index contributed by atoms with van der Waals surface area (Å²) in [6.07, 6.45) is 5.83. The largest absolute Gasteiger partial charge is 0.397 e. The normalized spacial score (nSPS) is 16.3. The third-order valence-corrected chi connectivity index (χ3v) is 5.47. The number of nitrogens with one attached hydrogen (secondary N) is 1. The third-order valence-electron chi connectivity index (χ3n) is 4.35. The number of hydrogen-bond donors (Lipinski definition) is 2. The Bertz CT molecular complexity index is 687. The molecule has 1 saturated carbocycles. The van der Waals surface area contributed by atoms with Crippen molar-refractivity contribution in [1.82, 2.24) is 10.3 Å². The SMILES string of the molecule is CC(C)c1ccc2c(N)c(C(=O)NC3CCCCC3)sc2n1. The zero-order valence-electron chi connectivity index (χ0n) is 13.2. The molecule has 2 heterocycles. The third kappa shape index (κ3) is 2.95. The van der Waals surface area contributed by atoms with E-state index in [1.807, 2.05) is 12.1 Å². The number of anilines is 1. The van der Waals surface area contributed by atoms with Gasteiger partial charge in [-0.15, -0.1) is 11.3 Å². The highest BCUT2D eigenvalue weighted by Crippen LogP contribution is 2.33. The second-order valence-electron chi connectivity index (χ2n) is 6.40. The number of rotatable bonds is 3. The summed E-state index contributed by atoms with van der Waals surface area (Å²) in [5.74, 6) is 0.325. The minimum Gasteiger partial charge on any atom is -0.397 e. The smallest absolute Gasteiger partial charge is 0.263 e. The maximum Gasteiger partial charge on any atom is 0.263 e. The van der Waals surface area contributed by atoms with Gasteiger partial charge in [0, 0.05) is 17.1 Å². The number of carbonyl (C=O) groups is 1. The minimum atomic E-state index is -0.0431. The van der Waals surface area contributed by atoms with Gasteiger partial charge < -0.3 is 11.1 Å². The van der Waals surface area contributed by atoms with Crippen molar-refractivity contribution in [2.45, 2.75) is 57.9 Å². The summed E-state index contributed by atoms with van der Waals surface area (Å²) in [5, 5.41) is 4.03. The quantitative estimate of drug-likeness (QED) is 0.897. The van der Waals surface area contributed by atoms with E-state index in [2.05, 4.69) is 24.1 Å². The van der Waals surface area contributed by atoms with Gasteiger partial charge in [-0.25, -0.2) is 4.98 Å². The van der Waals surface area contributed by atoms with Crippen molar-refractivity contribution in [2.24, 2.45) is 0 Å². The Morgan fingerprint density at radius 1 is 1.32 bits per heavy atom. The summed E-state index contributed by atoms with van der Waals surface area (Å²) in [5.41, 5.74) is 7.78. The molecule has 118 valence electrons. The maximum absolute atomic E-state index is 12.5. The van der Waals surface area contributed by atoms with E-state index in [4.69, 9.17) is 5.73 Å². The Kier molecular flexibility index (Phi) is 4.34. The first-order valence-electron chi connectivity index (χ1n) is 8.06. The number of hydrogen-bond acceptors (Lipinski definition) is 4. The molecule has 0 spiro atoms. The molecule has 0 saturated heterocycles. The molecule has 4 nitrogen and oxygen atoms in total. The second kappa shape index (κ2) is 6.24. The number of nitrogens with zero attached hydrogens (tertiary/aromatic N) is 1. The molecule has 0 aliphatic heterocycles. The highest BCUT2D eigenvalue weighted by molar-refractivity contribution is 7.21. The lowest BCUT2D eigenvalue weighted by molar-refractivity contribution is 0.0932. The van der Waals surface area contributed by atoms with Gasteiger partial charge in [0.25, 0.3) is 5.91 Å². The van der Waals surface area contributed by atoms with Crippen molar-refractivity contribution in [2.75, 3.05) is 5.73 Å². The van der Waals surface area contributed by atoms with Crippen LogP contribution in [0.3, 0.4) is 0 Å². The summed E-state index contributed by atoms with van der Waals surface area (Å²) in [6, 6.07) is 4.28. The van der Waals surface area contributed by atoms with Crippen LogP contribution in [-0.4, -0.2) is 16.9 Å². The van der Waals surface area contributed by atoms with Gasteiger partial charge in [-0.2, -0.15) is 0 Å². The molecule has 1 amide bonds. The first-order valence-corrected chi connectivity index (χ1v) is 8.87. The molecule has 0 unspecified atom stereocenters. The van der Waals surface area contributed by atoms with Crippen LogP contribution in [-0.2, 0) is 0 Å². The standard InChI is InChI=1S/C17H23N3OS/c1-10(2)13-9-8-12-14(18)15(22-17(12)20-13)16(21)19-11-6-4-3-5-7-11/h8-11H,3-7,18H2,1-2H3,(H,19,21). The van der Waals surface area contributed by atoms with E-state index in [-0.39, 0.29) is 5.91 Å². The summed E-state index contributed by atoms with van der Waals surface area (Å²) >= 11 is 1.40. The van der Waals surface area contributed by atoms with Crippen molar-refractivity contribution in [3.8, 4) is 0 Å². The Balaban J connectivity index is 1.86. The van der Waals surface area contributed by atoms with Gasteiger partial charge in [0.1, 0.15) is 9.71 Å². The van der Waals surface area contributed by atoms with Crippen LogP contribution in [0.1, 0.15) is 67.2 Å². The predicted molar refractivity (Wildman–Crippen MR) is 92.5 cm³/mol. The van der Waals surface area contributed by atoms with Crippen LogP contribution in [0.15, 0.2) is 12.1 Å². The van der Waals surface area contributed by atoms with Crippen LogP contribution in [0.4, 0.5) is 5.69 Å². The van der Waals surface area contributed by atoms with E-state index in [1.165, 1.54) is 30.6 Å². The first-order chi connectivity index (χ1) is 10.6. The van der Waals surface area contributed by atoms with Crippen LogP contribution in [0.2, 0.25) is 0 Å². The van der Waals surface area contributed by atoms with Gasteiger partial charge in [0.05, 0.1) is 5.69 Å². The summed E-state index contributed by atoms with van der Waals surface area (Å²) in [6.45, 7) is 4.23. The number of thiophene rings is 1. The Labute approximate surface area is 135 Å². The molecule has 3 rings (SSSR count). The van der Waals surface area contributed by atoms with Gasteiger partial charge >= 0.3 is 0 Å². The van der Waals surface area contributed by atoms with Gasteiger partial charge in [-0.1, -0.05) is 33.1 Å². The zero-order chi connectivity index (χ0) is 15.7. The molecular formula is C17H23N3OS. The van der Waals surface area contributed by atoms with E-state index in [1.54, 1.807) is 0 Å². The lowest BCUT2D eigenvalue weighted by atomic mass is 9.95. The van der Waals surface area contributed by atoms with Crippen molar-refractivity contribution in [3.05, 3.63) is 22.7 Å². The van der Waals surface area contributed by atoms with E-state index < -0.39 is 0 Å². The molecule has 0 aromatic carbocycles. The molecular weight excluding hydrogens is 294 g/mol. The number of nitrogens with two attached hydrogens (primary N) is 1. The Morgan fingerprint density at radius 2 is 2.05 bits per heavy atom. The van der Waals surface area contributed by atoms with Crippen molar-refractivity contribution < 1.29 is 4.79 Å². The van der Waals surface area contributed by atoms with Gasteiger partial charge in [0.15, 0.2) is 0 Å².